The molecule has 5 nitrogen and oxygen atoms in total. The fourth-order valence-electron chi connectivity index (χ4n) is 3.00. The molecule has 0 bridgehead atoms. The van der Waals surface area contributed by atoms with Gasteiger partial charge < -0.3 is 14.2 Å². The number of benzene rings is 1. The van der Waals surface area contributed by atoms with Crippen molar-refractivity contribution in [2.45, 2.75) is 27.2 Å². The number of rotatable bonds is 5. The summed E-state index contributed by atoms with van der Waals surface area (Å²) >= 11 is 0. The molecule has 0 aromatic heterocycles. The summed E-state index contributed by atoms with van der Waals surface area (Å²) in [5, 5.41) is 0. The Kier molecular flexibility index (Phi) is 5.08. The van der Waals surface area contributed by atoms with E-state index in [-0.39, 0.29) is 19.6 Å². The van der Waals surface area contributed by atoms with E-state index >= 15 is 0 Å². The van der Waals surface area contributed by atoms with Gasteiger partial charge >= 0.3 is 11.9 Å². The van der Waals surface area contributed by atoms with E-state index in [0.717, 1.165) is 22.4 Å². The van der Waals surface area contributed by atoms with E-state index in [1.807, 2.05) is 25.1 Å². The molecule has 0 spiro atoms. The minimum Gasteiger partial charge on any atom is -0.496 e. The second-order valence-corrected chi connectivity index (χ2v) is 5.41. The zero-order valence-corrected chi connectivity index (χ0v) is 14.0. The first-order valence-electron chi connectivity index (χ1n) is 7.70. The summed E-state index contributed by atoms with van der Waals surface area (Å²) in [6.07, 6.45) is 1.85. The highest BCUT2D eigenvalue weighted by Crippen LogP contribution is 2.42. The van der Waals surface area contributed by atoms with Crippen LogP contribution >= 0.6 is 0 Å². The molecule has 0 radical (unpaired) electrons. The maximum atomic E-state index is 12.5. The predicted molar refractivity (Wildman–Crippen MR) is 86.0 cm³/mol. The van der Waals surface area contributed by atoms with Crippen LogP contribution in [0.4, 0.5) is 0 Å². The molecule has 1 aliphatic rings. The number of ether oxygens (including phenoxy) is 3. The van der Waals surface area contributed by atoms with Gasteiger partial charge in [0.05, 0.1) is 20.3 Å². The fourth-order valence-corrected chi connectivity index (χ4v) is 3.00. The maximum absolute atomic E-state index is 12.5. The SMILES string of the molecule is CCOC(=O)C1(C(=O)OCC)C=C(C)c2c(cccc2OC)C1. The second kappa shape index (κ2) is 6.86. The Bertz CT molecular complexity index is 627. The smallest absolute Gasteiger partial charge is 0.327 e. The summed E-state index contributed by atoms with van der Waals surface area (Å²) in [6.45, 7) is 5.70. The Morgan fingerprint density at radius 3 is 2.26 bits per heavy atom. The molecule has 0 heterocycles. The first-order valence-corrected chi connectivity index (χ1v) is 7.70. The molecule has 1 aliphatic carbocycles. The van der Waals surface area contributed by atoms with Gasteiger partial charge in [0.25, 0.3) is 0 Å². The number of allylic oxidation sites excluding steroid dienone is 1. The maximum Gasteiger partial charge on any atom is 0.327 e. The minimum atomic E-state index is -1.44. The monoisotopic (exact) mass is 318 g/mol. The van der Waals surface area contributed by atoms with Gasteiger partial charge in [-0.05, 0) is 38.0 Å². The molecule has 0 unspecified atom stereocenters. The molecule has 0 saturated carbocycles. The molecule has 0 atom stereocenters. The molecule has 1 aromatic carbocycles. The Labute approximate surface area is 136 Å². The van der Waals surface area contributed by atoms with Crippen LogP contribution in [0.1, 0.15) is 31.9 Å². The first-order chi connectivity index (χ1) is 11.0. The molecule has 2 rings (SSSR count). The molecular formula is C18H22O5. The van der Waals surface area contributed by atoms with Crippen molar-refractivity contribution in [1.82, 2.24) is 0 Å². The summed E-state index contributed by atoms with van der Waals surface area (Å²) in [7, 11) is 1.60. The lowest BCUT2D eigenvalue weighted by molar-refractivity contribution is -0.168. The van der Waals surface area contributed by atoms with Crippen LogP contribution in [0.5, 0.6) is 5.75 Å². The van der Waals surface area contributed by atoms with Gasteiger partial charge in [0, 0.05) is 12.0 Å². The number of hydrogen-bond donors (Lipinski definition) is 0. The van der Waals surface area contributed by atoms with E-state index in [1.165, 1.54) is 0 Å². The zero-order chi connectivity index (χ0) is 17.0. The Balaban J connectivity index is 2.57. The largest absolute Gasteiger partial charge is 0.496 e. The lowest BCUT2D eigenvalue weighted by Gasteiger charge is -2.32. The number of fused-ring (bicyclic) bond motifs is 1. The van der Waals surface area contributed by atoms with Gasteiger partial charge in [0.1, 0.15) is 5.75 Å². The highest BCUT2D eigenvalue weighted by Gasteiger charge is 2.49. The summed E-state index contributed by atoms with van der Waals surface area (Å²) < 4.78 is 15.7. The van der Waals surface area contributed by atoms with Crippen molar-refractivity contribution in [2.75, 3.05) is 20.3 Å². The topological polar surface area (TPSA) is 61.8 Å². The number of carbonyl (C=O) groups is 2. The van der Waals surface area contributed by atoms with Crippen LogP contribution in [-0.4, -0.2) is 32.3 Å². The average molecular weight is 318 g/mol. The zero-order valence-electron chi connectivity index (χ0n) is 14.0. The molecule has 5 heteroatoms. The lowest BCUT2D eigenvalue weighted by Crippen LogP contribution is -2.44. The van der Waals surface area contributed by atoms with Gasteiger partial charge in [-0.25, -0.2) is 0 Å². The predicted octanol–water partition coefficient (Wildman–Crippen LogP) is 2.77. The van der Waals surface area contributed by atoms with Crippen molar-refractivity contribution in [3.05, 3.63) is 35.4 Å². The van der Waals surface area contributed by atoms with Crippen molar-refractivity contribution < 1.29 is 23.8 Å². The van der Waals surface area contributed by atoms with Gasteiger partial charge in [0.15, 0.2) is 5.41 Å². The molecule has 1 aromatic rings. The summed E-state index contributed by atoms with van der Waals surface area (Å²) in [5.74, 6) is -0.435. The molecule has 0 amide bonds. The summed E-state index contributed by atoms with van der Waals surface area (Å²) in [6, 6.07) is 5.59. The average Bonchev–Trinajstić information content (AvgIpc) is 2.54. The first kappa shape index (κ1) is 17.1. The standard InChI is InChI=1S/C18H22O5/c1-5-22-16(19)18(17(20)23-6-2)10-12(3)15-13(11-18)8-7-9-14(15)21-4/h7-10H,5-6,11H2,1-4H3. The molecule has 0 aliphatic heterocycles. The van der Waals surface area contributed by atoms with E-state index in [9.17, 15) is 9.59 Å². The third kappa shape index (κ3) is 2.96. The highest BCUT2D eigenvalue weighted by atomic mass is 16.6. The van der Waals surface area contributed by atoms with E-state index in [0.29, 0.717) is 0 Å². The number of hydrogen-bond acceptors (Lipinski definition) is 5. The van der Waals surface area contributed by atoms with Gasteiger partial charge in [-0.15, -0.1) is 0 Å². The lowest BCUT2D eigenvalue weighted by atomic mass is 9.73. The number of esters is 2. The minimum absolute atomic E-state index is 0.203. The van der Waals surface area contributed by atoms with Crippen LogP contribution in [-0.2, 0) is 25.5 Å². The Morgan fingerprint density at radius 1 is 1.13 bits per heavy atom. The second-order valence-electron chi connectivity index (χ2n) is 5.41. The van der Waals surface area contributed by atoms with E-state index in [1.54, 1.807) is 27.0 Å². The van der Waals surface area contributed by atoms with Gasteiger partial charge in [-0.3, -0.25) is 9.59 Å². The van der Waals surface area contributed by atoms with Gasteiger partial charge in [-0.2, -0.15) is 0 Å². The van der Waals surface area contributed by atoms with E-state index < -0.39 is 17.4 Å². The van der Waals surface area contributed by atoms with Crippen molar-refractivity contribution in [3.8, 4) is 5.75 Å². The Morgan fingerprint density at radius 2 is 1.74 bits per heavy atom. The fraction of sp³-hybridized carbons (Fsp3) is 0.444. The van der Waals surface area contributed by atoms with Crippen molar-refractivity contribution >= 4 is 17.5 Å². The van der Waals surface area contributed by atoms with Gasteiger partial charge in [-0.1, -0.05) is 18.2 Å². The molecule has 0 saturated heterocycles. The molecule has 0 fully saturated rings. The third-order valence-corrected chi connectivity index (χ3v) is 3.94. The third-order valence-electron chi connectivity index (χ3n) is 3.94. The van der Waals surface area contributed by atoms with Crippen LogP contribution in [0.2, 0.25) is 0 Å². The van der Waals surface area contributed by atoms with Crippen molar-refractivity contribution in [2.24, 2.45) is 5.41 Å². The Hall–Kier alpha value is -2.30. The van der Waals surface area contributed by atoms with E-state index in [4.69, 9.17) is 14.2 Å². The van der Waals surface area contributed by atoms with E-state index in [2.05, 4.69) is 0 Å². The summed E-state index contributed by atoms with van der Waals surface area (Å²) in [4.78, 5) is 25.1. The normalized spacial score (nSPS) is 15.2. The molecule has 0 N–H and O–H groups in total. The van der Waals surface area contributed by atoms with Crippen LogP contribution in [0, 0.1) is 5.41 Å². The summed E-state index contributed by atoms with van der Waals surface area (Å²) in [5.41, 5.74) is 1.14. The van der Waals surface area contributed by atoms with Crippen LogP contribution < -0.4 is 4.74 Å². The molecular weight excluding hydrogens is 296 g/mol. The van der Waals surface area contributed by atoms with Crippen LogP contribution in [0.15, 0.2) is 24.3 Å². The van der Waals surface area contributed by atoms with Crippen LogP contribution in [0.3, 0.4) is 0 Å². The van der Waals surface area contributed by atoms with Crippen molar-refractivity contribution in [3.63, 3.8) is 0 Å². The van der Waals surface area contributed by atoms with Gasteiger partial charge in [0.2, 0.25) is 0 Å². The highest BCUT2D eigenvalue weighted by molar-refractivity contribution is 6.05. The molecule has 23 heavy (non-hydrogen) atoms. The van der Waals surface area contributed by atoms with Crippen LogP contribution in [0.25, 0.3) is 5.57 Å². The van der Waals surface area contributed by atoms with Crippen molar-refractivity contribution in [1.29, 1.82) is 0 Å². The molecule has 124 valence electrons. The quantitative estimate of drug-likeness (QED) is 0.617. The number of methoxy groups -OCH3 is 1. The number of carbonyl (C=O) groups excluding carboxylic acids is 2.